The number of nitrogens with zero attached hydrogens (tertiary/aromatic N) is 1. The Morgan fingerprint density at radius 1 is 0.760 bits per heavy atom. The molecule has 11 nitrogen and oxygen atoms in total. The van der Waals surface area contributed by atoms with Gasteiger partial charge in [0.05, 0.1) is 12.0 Å². The fraction of sp³-hybridized carbons (Fsp3) is 0.667. The molecule has 112 valence electrons. The molecule has 0 amide bonds. The number of carbonyl (C=O) groups is 2. The predicted octanol–water partition coefficient (Wildman–Crippen LogP) is -24.7. The third-order valence-electron chi connectivity index (χ3n) is 1.78. The third-order valence-corrected chi connectivity index (χ3v) is 3.20. The number of carboxylic acids is 2. The van der Waals surface area contributed by atoms with E-state index in [1.165, 1.54) is 0 Å². The van der Waals surface area contributed by atoms with E-state index in [1.54, 1.807) is 0 Å². The molecular weight excluding hydrogens is 446 g/mol. The fourth-order valence-corrected chi connectivity index (χ4v) is 2.85. The molecule has 0 saturated carbocycles. The summed E-state index contributed by atoms with van der Waals surface area (Å²) in [6.07, 6.45) is -4.64. The quantitative estimate of drug-likeness (QED) is 0.249. The number of hydrogen-bond acceptors (Lipinski definition) is 11. The Kier molecular flexibility index (Phi) is 42.9. The molecule has 0 aromatic heterocycles. The molecule has 19 heteroatoms. The normalized spacial score (nSPS) is 10.9. The minimum absolute atomic E-state index is 0. The molecule has 0 N–H and O–H groups in total. The van der Waals surface area contributed by atoms with E-state index in [2.05, 4.69) is 0 Å². The zero-order chi connectivity index (χ0) is 15.4. The van der Waals surface area contributed by atoms with Gasteiger partial charge in [-0.05, 0) is 0 Å². The molecule has 0 aliphatic carbocycles. The van der Waals surface area contributed by atoms with Crippen LogP contribution in [0.15, 0.2) is 0 Å². The van der Waals surface area contributed by atoms with Crippen LogP contribution in [0.3, 0.4) is 0 Å². The van der Waals surface area contributed by atoms with Crippen LogP contribution in [0.2, 0.25) is 0 Å². The van der Waals surface area contributed by atoms with Crippen molar-refractivity contribution in [1.29, 1.82) is 0 Å². The zero-order valence-corrected chi connectivity index (χ0v) is 28.9. The molecule has 0 aliphatic rings. The van der Waals surface area contributed by atoms with Gasteiger partial charge in [0, 0.05) is 25.0 Å². The second-order valence-electron chi connectivity index (χ2n) is 3.50. The van der Waals surface area contributed by atoms with E-state index in [0.29, 0.717) is 0 Å². The maximum Gasteiger partial charge on any atom is 1.00 e. The van der Waals surface area contributed by atoms with Crippen LogP contribution in [-0.4, -0.2) is 35.5 Å². The summed E-state index contributed by atoms with van der Waals surface area (Å²) < 4.78 is 21.0. The molecule has 0 saturated heterocycles. The zero-order valence-electron chi connectivity index (χ0n) is 15.1. The number of carbonyl (C=O) groups excluding carboxylic acids is 2. The van der Waals surface area contributed by atoms with E-state index >= 15 is 0 Å². The van der Waals surface area contributed by atoms with Crippen molar-refractivity contribution >= 4 is 27.1 Å². The van der Waals surface area contributed by atoms with Crippen molar-refractivity contribution in [2.24, 2.45) is 0 Å². The summed E-state index contributed by atoms with van der Waals surface area (Å²) in [5.74, 6) is -4.12. The summed E-state index contributed by atoms with van der Waals surface area (Å²) in [5, 5.41) is 20.9. The molecule has 0 rings (SSSR count). The Hall–Kier alpha value is 5.20. The first kappa shape index (κ1) is 47.8. The van der Waals surface area contributed by atoms with Gasteiger partial charge in [-0.1, -0.05) is 15.2 Å². The summed E-state index contributed by atoms with van der Waals surface area (Å²) in [4.78, 5) is 62.8. The van der Waals surface area contributed by atoms with Crippen LogP contribution >= 0.6 is 15.2 Å². The minimum atomic E-state index is -5.42. The van der Waals surface area contributed by atoms with E-state index in [-0.39, 0.29) is 182 Å². The minimum Gasteiger partial charge on any atom is -0.810 e. The Labute approximate surface area is 277 Å². The van der Waals surface area contributed by atoms with Crippen molar-refractivity contribution < 1.29 is 226 Å². The van der Waals surface area contributed by atoms with Crippen molar-refractivity contribution in [2.75, 3.05) is 12.6 Å². The van der Waals surface area contributed by atoms with E-state index < -0.39 is 52.2 Å². The van der Waals surface area contributed by atoms with Gasteiger partial charge in [0.2, 0.25) is 0 Å². The Balaban J connectivity index is -0.000000108. The average molecular weight is 453 g/mol. The number of hydrogen-bond donors (Lipinski definition) is 0. The molecule has 0 aromatic carbocycles. The molecule has 25 heavy (non-hydrogen) atoms. The van der Waals surface area contributed by atoms with Crippen LogP contribution in [0.25, 0.3) is 0 Å². The third kappa shape index (κ3) is 29.2. The van der Waals surface area contributed by atoms with Crippen LogP contribution in [0.1, 0.15) is 6.42 Å². The molecule has 0 fully saturated rings. The predicted molar refractivity (Wildman–Crippen MR) is 45.2 cm³/mol. The van der Waals surface area contributed by atoms with Crippen molar-refractivity contribution in [3.8, 4) is 0 Å². The van der Waals surface area contributed by atoms with Gasteiger partial charge in [-0.15, -0.1) is 0 Å². The molecule has 0 unspecified atom stereocenters. The Morgan fingerprint density at radius 2 is 1.04 bits per heavy atom. The summed E-state index contributed by atoms with van der Waals surface area (Å²) in [6.45, 7) is 0. The van der Waals surface area contributed by atoms with Gasteiger partial charge in [0.15, 0.2) is 0 Å². The Bertz CT molecular complexity index is 433. The fourth-order valence-electron chi connectivity index (χ4n) is 1.21. The van der Waals surface area contributed by atoms with Crippen LogP contribution < -0.4 is 207 Å². The largest absolute Gasteiger partial charge is 1.00 e. The van der Waals surface area contributed by atoms with E-state index in [1.807, 2.05) is 0 Å². The molecule has 0 aromatic rings. The Morgan fingerprint density at radius 3 is 1.20 bits per heavy atom. The molecule has 0 bridgehead atoms. The van der Waals surface area contributed by atoms with Gasteiger partial charge < -0.3 is 48.5 Å². The summed E-state index contributed by atoms with van der Waals surface area (Å²) >= 11 is 0. The van der Waals surface area contributed by atoms with E-state index in [0.717, 1.165) is 0 Å². The molecule has 0 radical (unpaired) electrons. The van der Waals surface area contributed by atoms with Crippen molar-refractivity contribution in [3.05, 3.63) is 0 Å². The molecule has 0 heterocycles. The van der Waals surface area contributed by atoms with Gasteiger partial charge in [0.25, 0.3) is 0 Å². The summed E-state index contributed by atoms with van der Waals surface area (Å²) in [6, 6.07) is -2.29. The maximum atomic E-state index is 10.6. The topological polar surface area (TPSA) is 210 Å². The molecule has 0 spiro atoms. The van der Waals surface area contributed by atoms with E-state index in [9.17, 15) is 48.5 Å². The van der Waals surface area contributed by atoms with E-state index in [4.69, 9.17) is 0 Å². The standard InChI is InChI=1S/C6H13NO10P2.6Na/c8-5(9)1-4(6(10)11)7(2-18(12,13)14)3-19(15,16)17;;;;;;/h4H,1-3H2,(H,8,9)(H,10,11)(H2,12,13,14)(H2,15,16,17);;;;;;/q;6*+1/p-6/t4-;;;;;;/m0....../s1. The summed E-state index contributed by atoms with van der Waals surface area (Å²) in [5.41, 5.74) is 0. The van der Waals surface area contributed by atoms with Gasteiger partial charge in [-0.25, -0.2) is 0 Å². The second kappa shape index (κ2) is 22.4. The van der Waals surface area contributed by atoms with Gasteiger partial charge in [0.1, 0.15) is 0 Å². The van der Waals surface area contributed by atoms with Crippen LogP contribution in [0.4, 0.5) is 0 Å². The SMILES string of the molecule is O=C([O-])C[C@@H](C(=O)[O-])N(CP(=O)([O-])[O-])CP(=O)([O-])[O-].[Na+].[Na+].[Na+].[Na+].[Na+].[Na+]. The van der Waals surface area contributed by atoms with Crippen molar-refractivity contribution in [2.45, 2.75) is 12.5 Å². The van der Waals surface area contributed by atoms with Crippen LogP contribution in [0, 0.1) is 0 Å². The molecule has 1 atom stereocenters. The van der Waals surface area contributed by atoms with Crippen LogP contribution in [-0.2, 0) is 18.7 Å². The number of rotatable bonds is 8. The maximum absolute atomic E-state index is 10.6. The van der Waals surface area contributed by atoms with Crippen LogP contribution in [0.5, 0.6) is 0 Å². The smallest absolute Gasteiger partial charge is 0.810 e. The van der Waals surface area contributed by atoms with Gasteiger partial charge >= 0.3 is 177 Å². The second-order valence-corrected chi connectivity index (χ2v) is 6.51. The average Bonchev–Trinajstić information content (AvgIpc) is 2.07. The number of aliphatic carboxylic acids is 2. The first-order chi connectivity index (χ1) is 8.32. The number of carboxylic acid groups (broad SMARTS) is 2. The molecule has 0 aliphatic heterocycles. The van der Waals surface area contributed by atoms with Gasteiger partial charge in [-0.2, -0.15) is 0 Å². The molecular formula is C6H7NNa6O10P2. The van der Waals surface area contributed by atoms with Crippen molar-refractivity contribution in [1.82, 2.24) is 4.90 Å². The first-order valence-corrected chi connectivity index (χ1v) is 7.94. The summed E-state index contributed by atoms with van der Waals surface area (Å²) in [7, 11) is -10.8. The monoisotopic (exact) mass is 453 g/mol. The van der Waals surface area contributed by atoms with Gasteiger partial charge in [-0.3, -0.25) is 4.90 Å². The van der Waals surface area contributed by atoms with Crippen molar-refractivity contribution in [3.63, 3.8) is 0 Å². The first-order valence-electron chi connectivity index (χ1n) is 4.49.